The molecule has 0 spiro atoms. The number of primary amides is 1. The van der Waals surface area contributed by atoms with Crippen LogP contribution in [0.15, 0.2) is 53.0 Å². The first-order valence-corrected chi connectivity index (χ1v) is 6.22. The molecule has 0 heterocycles. The third-order valence-electron chi connectivity index (χ3n) is 2.47. The van der Waals surface area contributed by atoms with E-state index in [-0.39, 0.29) is 0 Å². The average Bonchev–Trinajstić information content (AvgIpc) is 2.37. The second-order valence-electron chi connectivity index (χ2n) is 3.77. The van der Waals surface area contributed by atoms with Gasteiger partial charge >= 0.3 is 0 Å². The number of carbonyl (C=O) groups is 1. The van der Waals surface area contributed by atoms with Crippen molar-refractivity contribution < 1.29 is 9.53 Å². The second-order valence-corrected chi connectivity index (χ2v) is 4.68. The van der Waals surface area contributed by atoms with Gasteiger partial charge in [-0.25, -0.2) is 0 Å². The zero-order chi connectivity index (χ0) is 13.0. The van der Waals surface area contributed by atoms with Crippen LogP contribution in [0.2, 0.25) is 0 Å². The molecular formula is C14H12BrNO2. The first-order valence-electron chi connectivity index (χ1n) is 5.43. The lowest BCUT2D eigenvalue weighted by Gasteiger charge is -2.09. The molecule has 0 aliphatic heterocycles. The van der Waals surface area contributed by atoms with Crippen LogP contribution in [0.5, 0.6) is 5.75 Å². The number of halogens is 1. The van der Waals surface area contributed by atoms with Gasteiger partial charge in [0.2, 0.25) is 5.91 Å². The van der Waals surface area contributed by atoms with Crippen molar-refractivity contribution in [3.05, 3.63) is 64.1 Å². The van der Waals surface area contributed by atoms with Crippen LogP contribution < -0.4 is 10.5 Å². The molecule has 2 aromatic rings. The van der Waals surface area contributed by atoms with Crippen LogP contribution in [0.4, 0.5) is 0 Å². The molecule has 3 nitrogen and oxygen atoms in total. The lowest BCUT2D eigenvalue weighted by molar-refractivity contribution is 0.0998. The molecule has 92 valence electrons. The SMILES string of the molecule is NC(=O)c1ccccc1COc1cccc(Br)c1. The highest BCUT2D eigenvalue weighted by molar-refractivity contribution is 9.10. The van der Waals surface area contributed by atoms with Gasteiger partial charge in [0, 0.05) is 15.6 Å². The van der Waals surface area contributed by atoms with Gasteiger partial charge in [0.05, 0.1) is 0 Å². The summed E-state index contributed by atoms with van der Waals surface area (Å²) in [6.45, 7) is 0.315. The zero-order valence-corrected chi connectivity index (χ0v) is 11.2. The van der Waals surface area contributed by atoms with E-state index >= 15 is 0 Å². The molecule has 0 radical (unpaired) electrons. The number of hydrogen-bond donors (Lipinski definition) is 1. The Hall–Kier alpha value is -1.81. The highest BCUT2D eigenvalue weighted by atomic mass is 79.9. The van der Waals surface area contributed by atoms with Crippen LogP contribution in [0.1, 0.15) is 15.9 Å². The van der Waals surface area contributed by atoms with Gasteiger partial charge < -0.3 is 10.5 Å². The summed E-state index contributed by atoms with van der Waals surface area (Å²) in [5.74, 6) is 0.298. The molecule has 0 aliphatic rings. The van der Waals surface area contributed by atoms with E-state index in [2.05, 4.69) is 15.9 Å². The van der Waals surface area contributed by atoms with E-state index in [1.165, 1.54) is 0 Å². The van der Waals surface area contributed by atoms with E-state index in [0.717, 1.165) is 15.8 Å². The third kappa shape index (κ3) is 3.11. The van der Waals surface area contributed by atoms with Crippen molar-refractivity contribution in [1.82, 2.24) is 0 Å². The minimum Gasteiger partial charge on any atom is -0.489 e. The standard InChI is InChI=1S/C14H12BrNO2/c15-11-5-3-6-12(8-11)18-9-10-4-1-2-7-13(10)14(16)17/h1-8H,9H2,(H2,16,17). The minimum atomic E-state index is -0.441. The maximum absolute atomic E-state index is 11.2. The first-order chi connectivity index (χ1) is 8.66. The Morgan fingerprint density at radius 3 is 2.67 bits per heavy atom. The monoisotopic (exact) mass is 305 g/mol. The molecule has 18 heavy (non-hydrogen) atoms. The van der Waals surface area contributed by atoms with Crippen LogP contribution in [0.3, 0.4) is 0 Å². The van der Waals surface area contributed by atoms with E-state index in [1.807, 2.05) is 36.4 Å². The summed E-state index contributed by atoms with van der Waals surface area (Å²) in [5.41, 5.74) is 6.58. The van der Waals surface area contributed by atoms with Crippen LogP contribution in [-0.2, 0) is 6.61 Å². The Kier molecular flexibility index (Phi) is 3.99. The Labute approximate surface area is 114 Å². The van der Waals surface area contributed by atoms with Gasteiger partial charge in [-0.1, -0.05) is 40.2 Å². The summed E-state index contributed by atoms with van der Waals surface area (Å²) < 4.78 is 6.57. The van der Waals surface area contributed by atoms with Gasteiger partial charge in [0.15, 0.2) is 0 Å². The fourth-order valence-corrected chi connectivity index (χ4v) is 1.98. The summed E-state index contributed by atoms with van der Waals surface area (Å²) in [6.07, 6.45) is 0. The Bertz CT molecular complexity index is 569. The van der Waals surface area contributed by atoms with E-state index in [0.29, 0.717) is 12.2 Å². The Morgan fingerprint density at radius 2 is 1.94 bits per heavy atom. The molecule has 0 aromatic heterocycles. The number of rotatable bonds is 4. The predicted molar refractivity (Wildman–Crippen MR) is 73.4 cm³/mol. The van der Waals surface area contributed by atoms with Gasteiger partial charge in [-0.2, -0.15) is 0 Å². The summed E-state index contributed by atoms with van der Waals surface area (Å²) in [5, 5.41) is 0. The van der Waals surface area contributed by atoms with Crippen molar-refractivity contribution in [2.45, 2.75) is 6.61 Å². The fourth-order valence-electron chi connectivity index (χ4n) is 1.60. The number of hydrogen-bond acceptors (Lipinski definition) is 2. The third-order valence-corrected chi connectivity index (χ3v) is 2.97. The molecule has 0 saturated heterocycles. The number of benzene rings is 2. The molecule has 0 atom stereocenters. The molecule has 4 heteroatoms. The van der Waals surface area contributed by atoms with Crippen molar-refractivity contribution >= 4 is 21.8 Å². The van der Waals surface area contributed by atoms with Gasteiger partial charge in [0.1, 0.15) is 12.4 Å². The second kappa shape index (κ2) is 5.69. The van der Waals surface area contributed by atoms with Crippen molar-refractivity contribution in [3.8, 4) is 5.75 Å². The number of carbonyl (C=O) groups excluding carboxylic acids is 1. The van der Waals surface area contributed by atoms with E-state index < -0.39 is 5.91 Å². The maximum Gasteiger partial charge on any atom is 0.249 e. The van der Waals surface area contributed by atoms with E-state index in [1.54, 1.807) is 12.1 Å². The van der Waals surface area contributed by atoms with Crippen LogP contribution in [-0.4, -0.2) is 5.91 Å². The molecule has 0 bridgehead atoms. The van der Waals surface area contributed by atoms with Crippen molar-refractivity contribution in [2.24, 2.45) is 5.73 Å². The molecule has 1 amide bonds. The Morgan fingerprint density at radius 1 is 1.17 bits per heavy atom. The molecular weight excluding hydrogens is 294 g/mol. The van der Waals surface area contributed by atoms with E-state index in [9.17, 15) is 4.79 Å². The molecule has 2 N–H and O–H groups in total. The smallest absolute Gasteiger partial charge is 0.249 e. The topological polar surface area (TPSA) is 52.3 Å². The quantitative estimate of drug-likeness (QED) is 0.943. The number of nitrogens with two attached hydrogens (primary N) is 1. The van der Waals surface area contributed by atoms with Crippen molar-refractivity contribution in [1.29, 1.82) is 0 Å². The molecule has 0 aliphatic carbocycles. The first kappa shape index (κ1) is 12.6. The summed E-state index contributed by atoms with van der Waals surface area (Å²) in [6, 6.07) is 14.7. The molecule has 0 unspecified atom stereocenters. The lowest BCUT2D eigenvalue weighted by atomic mass is 10.1. The van der Waals surface area contributed by atoms with Gasteiger partial charge in [-0.3, -0.25) is 4.79 Å². The van der Waals surface area contributed by atoms with Gasteiger partial charge in [0.25, 0.3) is 0 Å². The van der Waals surface area contributed by atoms with Crippen LogP contribution in [0.25, 0.3) is 0 Å². The number of amides is 1. The highest BCUT2D eigenvalue weighted by Gasteiger charge is 2.07. The van der Waals surface area contributed by atoms with Crippen molar-refractivity contribution in [2.75, 3.05) is 0 Å². The van der Waals surface area contributed by atoms with Gasteiger partial charge in [-0.05, 0) is 24.3 Å². The molecule has 0 fully saturated rings. The van der Waals surface area contributed by atoms with Gasteiger partial charge in [-0.15, -0.1) is 0 Å². The molecule has 2 aromatic carbocycles. The highest BCUT2D eigenvalue weighted by Crippen LogP contribution is 2.19. The normalized spacial score (nSPS) is 10.1. The van der Waals surface area contributed by atoms with Crippen LogP contribution in [0, 0.1) is 0 Å². The minimum absolute atomic E-state index is 0.315. The maximum atomic E-state index is 11.2. The molecule has 0 saturated carbocycles. The predicted octanol–water partition coefficient (Wildman–Crippen LogP) is 3.13. The van der Waals surface area contributed by atoms with Crippen molar-refractivity contribution in [3.63, 3.8) is 0 Å². The lowest BCUT2D eigenvalue weighted by Crippen LogP contribution is -2.14. The summed E-state index contributed by atoms with van der Waals surface area (Å²) >= 11 is 3.37. The van der Waals surface area contributed by atoms with E-state index in [4.69, 9.17) is 10.5 Å². The summed E-state index contributed by atoms with van der Waals surface area (Å²) in [7, 11) is 0. The number of ether oxygens (including phenoxy) is 1. The molecule has 2 rings (SSSR count). The largest absolute Gasteiger partial charge is 0.489 e. The average molecular weight is 306 g/mol. The van der Waals surface area contributed by atoms with Crippen LogP contribution >= 0.6 is 15.9 Å². The summed E-state index contributed by atoms with van der Waals surface area (Å²) in [4.78, 5) is 11.2. The Balaban J connectivity index is 2.13. The fraction of sp³-hybridized carbons (Fsp3) is 0.0714. The zero-order valence-electron chi connectivity index (χ0n) is 9.60.